The van der Waals surface area contributed by atoms with Gasteiger partial charge in [0.05, 0.1) is 12.1 Å². The summed E-state index contributed by atoms with van der Waals surface area (Å²) < 4.78 is 1.82. The first-order valence-corrected chi connectivity index (χ1v) is 7.56. The lowest BCUT2D eigenvalue weighted by atomic mass is 9.89. The number of aryl methyl sites for hydroxylation is 1. The van der Waals surface area contributed by atoms with Gasteiger partial charge in [0.1, 0.15) is 0 Å². The number of halogens is 1. The first-order valence-electron chi connectivity index (χ1n) is 7.56. The quantitative estimate of drug-likeness (QED) is 0.898. The number of carbonyl (C=O) groups excluding carboxylic acids is 1. The van der Waals surface area contributed by atoms with Crippen LogP contribution in [0.5, 0.6) is 0 Å². The van der Waals surface area contributed by atoms with Gasteiger partial charge in [-0.3, -0.25) is 9.48 Å². The standard InChI is InChI=1S/C15H24N4O.ClH/c1-10-4-11(2)19(8-10)15(20)14-7-16-6-13(14)12-5-17-18(3)9-12;/h5,9-11,13-14,16H,4,6-8H2,1-3H3;1H/t10?,11?,13-,14+;/m1./s1. The Morgan fingerprint density at radius 2 is 2.14 bits per heavy atom. The third-order valence-electron chi connectivity index (χ3n) is 4.75. The number of nitrogens with one attached hydrogen (secondary N) is 1. The SMILES string of the molecule is CC1CC(C)N(C(=O)[C@H]2CNC[C@@H]2c2cnn(C)c2)C1.Cl. The molecule has 4 atom stereocenters. The molecule has 0 spiro atoms. The van der Waals surface area contributed by atoms with Crippen LogP contribution in [-0.4, -0.2) is 46.3 Å². The fraction of sp³-hybridized carbons (Fsp3) is 0.733. The Morgan fingerprint density at radius 3 is 2.71 bits per heavy atom. The molecule has 2 saturated heterocycles. The first kappa shape index (κ1) is 16.3. The average molecular weight is 313 g/mol. The average Bonchev–Trinajstić information content (AvgIpc) is 3.08. The molecule has 0 aliphatic carbocycles. The third-order valence-corrected chi connectivity index (χ3v) is 4.75. The van der Waals surface area contributed by atoms with Crippen molar-refractivity contribution in [1.29, 1.82) is 0 Å². The highest BCUT2D eigenvalue weighted by Crippen LogP contribution is 2.32. The smallest absolute Gasteiger partial charge is 0.227 e. The number of amides is 1. The zero-order valence-electron chi connectivity index (χ0n) is 13.0. The molecule has 3 rings (SSSR count). The largest absolute Gasteiger partial charge is 0.339 e. The van der Waals surface area contributed by atoms with E-state index in [-0.39, 0.29) is 24.2 Å². The minimum atomic E-state index is 0. The van der Waals surface area contributed by atoms with E-state index in [1.165, 1.54) is 5.56 Å². The molecule has 2 fully saturated rings. The van der Waals surface area contributed by atoms with Crippen LogP contribution in [0.2, 0.25) is 0 Å². The number of nitrogens with zero attached hydrogens (tertiary/aromatic N) is 3. The molecule has 1 N–H and O–H groups in total. The molecule has 2 aliphatic heterocycles. The molecule has 118 valence electrons. The summed E-state index contributed by atoms with van der Waals surface area (Å²) in [5, 5.41) is 7.62. The van der Waals surface area contributed by atoms with Gasteiger partial charge in [-0.1, -0.05) is 6.92 Å². The van der Waals surface area contributed by atoms with Crippen molar-refractivity contribution in [3.8, 4) is 0 Å². The Kier molecular flexibility index (Phi) is 4.94. The Labute approximate surface area is 132 Å². The number of carbonyl (C=O) groups is 1. The van der Waals surface area contributed by atoms with Crippen LogP contribution in [0.15, 0.2) is 12.4 Å². The zero-order chi connectivity index (χ0) is 14.3. The predicted octanol–water partition coefficient (Wildman–Crippen LogP) is 1.40. The van der Waals surface area contributed by atoms with Crippen molar-refractivity contribution in [2.45, 2.75) is 32.2 Å². The molecule has 3 heterocycles. The summed E-state index contributed by atoms with van der Waals surface area (Å²) in [6.07, 6.45) is 5.06. The van der Waals surface area contributed by atoms with Crippen LogP contribution in [0.1, 0.15) is 31.7 Å². The Morgan fingerprint density at radius 1 is 1.38 bits per heavy atom. The van der Waals surface area contributed by atoms with Gasteiger partial charge in [0, 0.05) is 44.8 Å². The van der Waals surface area contributed by atoms with Crippen LogP contribution >= 0.6 is 12.4 Å². The van der Waals surface area contributed by atoms with Crippen molar-refractivity contribution in [2.75, 3.05) is 19.6 Å². The molecule has 1 aromatic heterocycles. The molecule has 0 aromatic carbocycles. The molecule has 0 saturated carbocycles. The van der Waals surface area contributed by atoms with Crippen molar-refractivity contribution in [3.63, 3.8) is 0 Å². The van der Waals surface area contributed by atoms with Gasteiger partial charge in [0.2, 0.25) is 5.91 Å². The summed E-state index contributed by atoms with van der Waals surface area (Å²) in [7, 11) is 1.92. The number of aromatic nitrogens is 2. The molecule has 6 heteroatoms. The number of hydrogen-bond acceptors (Lipinski definition) is 3. The maximum Gasteiger partial charge on any atom is 0.227 e. The van der Waals surface area contributed by atoms with Crippen LogP contribution < -0.4 is 5.32 Å². The Balaban J connectivity index is 0.00000161. The van der Waals surface area contributed by atoms with E-state index in [1.54, 1.807) is 0 Å². The van der Waals surface area contributed by atoms with Gasteiger partial charge in [-0.2, -0.15) is 5.10 Å². The highest BCUT2D eigenvalue weighted by molar-refractivity contribution is 5.85. The van der Waals surface area contributed by atoms with Crippen LogP contribution in [-0.2, 0) is 11.8 Å². The van der Waals surface area contributed by atoms with Gasteiger partial charge in [0.15, 0.2) is 0 Å². The van der Waals surface area contributed by atoms with Gasteiger partial charge >= 0.3 is 0 Å². The fourth-order valence-electron chi connectivity index (χ4n) is 3.74. The summed E-state index contributed by atoms with van der Waals surface area (Å²) in [5.74, 6) is 1.27. The maximum atomic E-state index is 12.9. The van der Waals surface area contributed by atoms with Crippen LogP contribution in [0.4, 0.5) is 0 Å². The summed E-state index contributed by atoms with van der Waals surface area (Å²) in [4.78, 5) is 14.9. The van der Waals surface area contributed by atoms with Gasteiger partial charge in [0.25, 0.3) is 0 Å². The molecular formula is C15H25ClN4O. The van der Waals surface area contributed by atoms with E-state index in [0.29, 0.717) is 17.9 Å². The van der Waals surface area contributed by atoms with Crippen LogP contribution in [0.25, 0.3) is 0 Å². The maximum absolute atomic E-state index is 12.9. The van der Waals surface area contributed by atoms with E-state index in [4.69, 9.17) is 0 Å². The minimum absolute atomic E-state index is 0. The van der Waals surface area contributed by atoms with Crippen molar-refractivity contribution in [2.24, 2.45) is 18.9 Å². The minimum Gasteiger partial charge on any atom is -0.339 e. The number of hydrogen-bond donors (Lipinski definition) is 1. The molecule has 5 nitrogen and oxygen atoms in total. The van der Waals surface area contributed by atoms with E-state index < -0.39 is 0 Å². The molecule has 21 heavy (non-hydrogen) atoms. The van der Waals surface area contributed by atoms with E-state index >= 15 is 0 Å². The van der Waals surface area contributed by atoms with Crippen molar-refractivity contribution >= 4 is 18.3 Å². The van der Waals surface area contributed by atoms with Crippen molar-refractivity contribution < 1.29 is 4.79 Å². The molecular weight excluding hydrogens is 288 g/mol. The first-order chi connectivity index (χ1) is 9.56. The third kappa shape index (κ3) is 3.09. The van der Waals surface area contributed by atoms with E-state index in [2.05, 4.69) is 29.2 Å². The predicted molar refractivity (Wildman–Crippen MR) is 84.5 cm³/mol. The Bertz CT molecular complexity index is 504. The molecule has 2 unspecified atom stereocenters. The highest BCUT2D eigenvalue weighted by atomic mass is 35.5. The molecule has 0 radical (unpaired) electrons. The molecule has 2 aliphatic rings. The normalized spacial score (nSPS) is 32.2. The summed E-state index contributed by atoms with van der Waals surface area (Å²) in [6, 6.07) is 0.382. The Hall–Kier alpha value is -1.07. The summed E-state index contributed by atoms with van der Waals surface area (Å²) in [6.45, 7) is 6.98. The number of rotatable bonds is 2. The lowest BCUT2D eigenvalue weighted by molar-refractivity contribution is -0.136. The fourth-order valence-corrected chi connectivity index (χ4v) is 3.74. The molecule has 1 amide bonds. The monoisotopic (exact) mass is 312 g/mol. The van der Waals surface area contributed by atoms with Crippen LogP contribution in [0.3, 0.4) is 0 Å². The van der Waals surface area contributed by atoms with Gasteiger partial charge in [-0.05, 0) is 24.8 Å². The molecule has 1 aromatic rings. The van der Waals surface area contributed by atoms with Gasteiger partial charge < -0.3 is 10.2 Å². The second-order valence-corrected chi connectivity index (χ2v) is 6.50. The van der Waals surface area contributed by atoms with Gasteiger partial charge in [-0.15, -0.1) is 12.4 Å². The lowest BCUT2D eigenvalue weighted by Gasteiger charge is -2.27. The lowest BCUT2D eigenvalue weighted by Crippen LogP contribution is -2.40. The van der Waals surface area contributed by atoms with Crippen molar-refractivity contribution in [1.82, 2.24) is 20.0 Å². The summed E-state index contributed by atoms with van der Waals surface area (Å²) >= 11 is 0. The van der Waals surface area contributed by atoms with Crippen LogP contribution in [0, 0.1) is 11.8 Å². The van der Waals surface area contributed by atoms with E-state index in [0.717, 1.165) is 26.1 Å². The molecule has 0 bridgehead atoms. The highest BCUT2D eigenvalue weighted by Gasteiger charge is 2.40. The van der Waals surface area contributed by atoms with Crippen molar-refractivity contribution in [3.05, 3.63) is 18.0 Å². The van der Waals surface area contributed by atoms with E-state index in [9.17, 15) is 4.79 Å². The summed E-state index contributed by atoms with van der Waals surface area (Å²) in [5.41, 5.74) is 1.18. The van der Waals surface area contributed by atoms with Gasteiger partial charge in [-0.25, -0.2) is 0 Å². The topological polar surface area (TPSA) is 50.2 Å². The zero-order valence-corrected chi connectivity index (χ0v) is 13.8. The number of likely N-dealkylation sites (tertiary alicyclic amines) is 1. The van der Waals surface area contributed by atoms with E-state index in [1.807, 2.05) is 24.1 Å². The second-order valence-electron chi connectivity index (χ2n) is 6.50. The second kappa shape index (κ2) is 6.36.